The van der Waals surface area contributed by atoms with Crippen LogP contribution in [0.1, 0.15) is 37.3 Å². The van der Waals surface area contributed by atoms with Gasteiger partial charge in [0.15, 0.2) is 0 Å². The fourth-order valence-corrected chi connectivity index (χ4v) is 2.95. The molecule has 4 heteroatoms. The molecule has 0 saturated carbocycles. The Kier molecular flexibility index (Phi) is 6.03. The summed E-state index contributed by atoms with van der Waals surface area (Å²) in [5.41, 5.74) is 8.03. The Hall–Kier alpha value is -1.06. The zero-order valence-electron chi connectivity index (χ0n) is 12.5. The third-order valence-corrected chi connectivity index (χ3v) is 4.19. The van der Waals surface area contributed by atoms with Gasteiger partial charge in [0.05, 0.1) is 5.92 Å². The number of halogens is 1. The van der Waals surface area contributed by atoms with Crippen molar-refractivity contribution in [2.24, 2.45) is 11.7 Å². The van der Waals surface area contributed by atoms with E-state index in [0.29, 0.717) is 18.5 Å². The molecule has 2 rings (SSSR count). The first-order chi connectivity index (χ1) is 9.02. The van der Waals surface area contributed by atoms with Crippen molar-refractivity contribution in [3.63, 3.8) is 0 Å². The summed E-state index contributed by atoms with van der Waals surface area (Å²) in [6.45, 7) is 7.67. The van der Waals surface area contributed by atoms with E-state index in [1.807, 2.05) is 24.0 Å². The Morgan fingerprint density at radius 3 is 2.75 bits per heavy atom. The molecule has 0 spiro atoms. The van der Waals surface area contributed by atoms with Crippen molar-refractivity contribution in [1.29, 1.82) is 0 Å². The Labute approximate surface area is 127 Å². The second kappa shape index (κ2) is 7.09. The van der Waals surface area contributed by atoms with E-state index in [1.54, 1.807) is 0 Å². The van der Waals surface area contributed by atoms with Gasteiger partial charge in [0.1, 0.15) is 0 Å². The van der Waals surface area contributed by atoms with Crippen molar-refractivity contribution < 1.29 is 4.79 Å². The molecule has 0 bridgehead atoms. The van der Waals surface area contributed by atoms with Crippen LogP contribution in [0.2, 0.25) is 0 Å². The maximum atomic E-state index is 12.6. The summed E-state index contributed by atoms with van der Waals surface area (Å²) >= 11 is 0. The van der Waals surface area contributed by atoms with Gasteiger partial charge in [0.2, 0.25) is 5.91 Å². The zero-order chi connectivity index (χ0) is 14.0. The average molecular weight is 297 g/mol. The van der Waals surface area contributed by atoms with Gasteiger partial charge in [-0.1, -0.05) is 29.8 Å². The second-order valence-corrected chi connectivity index (χ2v) is 5.81. The van der Waals surface area contributed by atoms with Gasteiger partial charge in [0.25, 0.3) is 0 Å². The number of rotatable bonds is 3. The van der Waals surface area contributed by atoms with E-state index in [2.05, 4.69) is 26.0 Å². The molecule has 20 heavy (non-hydrogen) atoms. The fraction of sp³-hybridized carbons (Fsp3) is 0.562. The first-order valence-electron chi connectivity index (χ1n) is 7.10. The highest BCUT2D eigenvalue weighted by atomic mass is 35.5. The predicted molar refractivity (Wildman–Crippen MR) is 85.2 cm³/mol. The number of aryl methyl sites for hydroxylation is 1. The van der Waals surface area contributed by atoms with Gasteiger partial charge in [-0.05, 0) is 45.2 Å². The Morgan fingerprint density at radius 2 is 2.20 bits per heavy atom. The van der Waals surface area contributed by atoms with Crippen molar-refractivity contribution in [3.05, 3.63) is 35.4 Å². The molecular weight excluding hydrogens is 272 g/mol. The Balaban J connectivity index is 0.00000200. The molecule has 3 nitrogen and oxygen atoms in total. The molecule has 0 aliphatic carbocycles. The lowest BCUT2D eigenvalue weighted by Crippen LogP contribution is -2.37. The molecule has 0 aromatic heterocycles. The van der Waals surface area contributed by atoms with Crippen molar-refractivity contribution in [3.8, 4) is 0 Å². The van der Waals surface area contributed by atoms with Gasteiger partial charge >= 0.3 is 0 Å². The number of likely N-dealkylation sites (tertiary alicyclic amines) is 1. The zero-order valence-corrected chi connectivity index (χ0v) is 13.3. The summed E-state index contributed by atoms with van der Waals surface area (Å²) < 4.78 is 0. The Morgan fingerprint density at radius 1 is 1.50 bits per heavy atom. The van der Waals surface area contributed by atoms with Gasteiger partial charge < -0.3 is 10.6 Å². The van der Waals surface area contributed by atoms with Crippen molar-refractivity contribution in [2.45, 2.75) is 39.2 Å². The minimum Gasteiger partial charge on any atom is -0.339 e. The monoisotopic (exact) mass is 296 g/mol. The van der Waals surface area contributed by atoms with Crippen molar-refractivity contribution in [2.75, 3.05) is 13.1 Å². The van der Waals surface area contributed by atoms with Crippen molar-refractivity contribution >= 4 is 18.3 Å². The van der Waals surface area contributed by atoms with Crippen LogP contribution in [0.4, 0.5) is 0 Å². The molecule has 2 N–H and O–H groups in total. The molecule has 1 saturated heterocycles. The van der Waals surface area contributed by atoms with Gasteiger partial charge in [0, 0.05) is 12.6 Å². The predicted octanol–water partition coefficient (Wildman–Crippen LogP) is 2.72. The SMILES string of the molecule is Cc1cccc(C(C)C(=O)N2CC(CN)CC2C)c1.Cl. The molecule has 1 aromatic carbocycles. The Bertz CT molecular complexity index is 464. The number of carbonyl (C=O) groups is 1. The summed E-state index contributed by atoms with van der Waals surface area (Å²) in [6.07, 6.45) is 1.03. The second-order valence-electron chi connectivity index (χ2n) is 5.81. The van der Waals surface area contributed by atoms with E-state index in [1.165, 1.54) is 5.56 Å². The van der Waals surface area contributed by atoms with Gasteiger partial charge in [-0.2, -0.15) is 0 Å². The molecule has 1 amide bonds. The summed E-state index contributed by atoms with van der Waals surface area (Å²) in [7, 11) is 0. The topological polar surface area (TPSA) is 46.3 Å². The van der Waals surface area contributed by atoms with Crippen LogP contribution < -0.4 is 5.73 Å². The summed E-state index contributed by atoms with van der Waals surface area (Å²) in [5.74, 6) is 0.622. The third-order valence-electron chi connectivity index (χ3n) is 4.19. The van der Waals surface area contributed by atoms with E-state index in [9.17, 15) is 4.79 Å². The van der Waals surface area contributed by atoms with Crippen LogP contribution in [0.15, 0.2) is 24.3 Å². The first-order valence-corrected chi connectivity index (χ1v) is 7.10. The molecule has 0 radical (unpaired) electrons. The minimum atomic E-state index is -0.0705. The van der Waals surface area contributed by atoms with Crippen LogP contribution in [0.25, 0.3) is 0 Å². The van der Waals surface area contributed by atoms with Crippen LogP contribution >= 0.6 is 12.4 Å². The third kappa shape index (κ3) is 3.53. The van der Waals surface area contributed by atoms with E-state index < -0.39 is 0 Å². The van der Waals surface area contributed by atoms with Crippen molar-refractivity contribution in [1.82, 2.24) is 4.90 Å². The number of carbonyl (C=O) groups excluding carboxylic acids is 1. The van der Waals surface area contributed by atoms with E-state index in [-0.39, 0.29) is 24.2 Å². The molecule has 3 atom stereocenters. The summed E-state index contributed by atoms with van der Waals surface area (Å²) in [6, 6.07) is 8.53. The minimum absolute atomic E-state index is 0. The highest BCUT2D eigenvalue weighted by Gasteiger charge is 2.33. The van der Waals surface area contributed by atoms with E-state index in [0.717, 1.165) is 18.5 Å². The van der Waals surface area contributed by atoms with Gasteiger partial charge in [-0.25, -0.2) is 0 Å². The number of hydrogen-bond donors (Lipinski definition) is 1. The lowest BCUT2D eigenvalue weighted by Gasteiger charge is -2.25. The fourth-order valence-electron chi connectivity index (χ4n) is 2.95. The van der Waals surface area contributed by atoms with Crippen LogP contribution in [-0.2, 0) is 4.79 Å². The highest BCUT2D eigenvalue weighted by Crippen LogP contribution is 2.27. The van der Waals surface area contributed by atoms with Crippen LogP contribution in [0, 0.1) is 12.8 Å². The molecule has 3 unspecified atom stereocenters. The smallest absolute Gasteiger partial charge is 0.230 e. The van der Waals surface area contributed by atoms with Crippen LogP contribution in [0.5, 0.6) is 0 Å². The average Bonchev–Trinajstić information content (AvgIpc) is 2.78. The van der Waals surface area contributed by atoms with E-state index in [4.69, 9.17) is 5.73 Å². The molecule has 1 aromatic rings. The number of hydrogen-bond acceptors (Lipinski definition) is 2. The van der Waals surface area contributed by atoms with E-state index >= 15 is 0 Å². The molecule has 1 aliphatic rings. The molecular formula is C16H25ClN2O. The number of amides is 1. The highest BCUT2D eigenvalue weighted by molar-refractivity contribution is 5.85. The standard InChI is InChI=1S/C16H24N2O.ClH/c1-11-5-4-6-15(7-11)13(3)16(19)18-10-14(9-17)8-12(18)2;/h4-7,12-14H,8-10,17H2,1-3H3;1H. The maximum absolute atomic E-state index is 12.6. The number of nitrogens with two attached hydrogens (primary N) is 1. The number of nitrogens with zero attached hydrogens (tertiary/aromatic N) is 1. The first kappa shape index (κ1) is 17.0. The maximum Gasteiger partial charge on any atom is 0.230 e. The summed E-state index contributed by atoms with van der Waals surface area (Å²) in [4.78, 5) is 14.6. The number of benzene rings is 1. The largest absolute Gasteiger partial charge is 0.339 e. The molecule has 1 fully saturated rings. The normalized spacial score (nSPS) is 23.3. The molecule has 1 aliphatic heterocycles. The molecule has 112 valence electrons. The van der Waals surface area contributed by atoms with Gasteiger partial charge in [-0.3, -0.25) is 4.79 Å². The summed E-state index contributed by atoms with van der Waals surface area (Å²) in [5, 5.41) is 0. The van der Waals surface area contributed by atoms with Gasteiger partial charge in [-0.15, -0.1) is 12.4 Å². The lowest BCUT2D eigenvalue weighted by atomic mass is 9.98. The lowest BCUT2D eigenvalue weighted by molar-refractivity contribution is -0.133. The molecule has 1 heterocycles. The quantitative estimate of drug-likeness (QED) is 0.932. The van der Waals surface area contributed by atoms with Crippen LogP contribution in [-0.4, -0.2) is 29.9 Å². The van der Waals surface area contributed by atoms with Crippen LogP contribution in [0.3, 0.4) is 0 Å².